The molecule has 0 spiro atoms. The molecule has 4 aromatic heterocycles. The van der Waals surface area contributed by atoms with Crippen molar-refractivity contribution in [3.63, 3.8) is 0 Å². The van der Waals surface area contributed by atoms with E-state index in [0.29, 0.717) is 125 Å². The third-order valence-corrected chi connectivity index (χ3v) is 27.0. The van der Waals surface area contributed by atoms with Gasteiger partial charge in [-0.3, -0.25) is 63.2 Å². The number of urea groups is 4. The van der Waals surface area contributed by atoms with Crippen LogP contribution in [0.15, 0.2) is 206 Å². The summed E-state index contributed by atoms with van der Waals surface area (Å²) in [5.41, 5.74) is 21.1. The molecule has 0 radical (unpaired) electrons. The van der Waals surface area contributed by atoms with Crippen LogP contribution in [0.25, 0.3) is 43.6 Å². The summed E-state index contributed by atoms with van der Waals surface area (Å²) in [4.78, 5) is 179. The number of carbonyl (C=O) groups excluding carboxylic acids is 13. The molecule has 6 N–H and O–H groups in total. The van der Waals surface area contributed by atoms with Crippen molar-refractivity contribution < 1.29 is 96.8 Å². The van der Waals surface area contributed by atoms with Crippen LogP contribution in [-0.2, 0) is 83.0 Å². The fourth-order valence-corrected chi connectivity index (χ4v) is 20.1. The minimum absolute atomic E-state index is 0.182. The third kappa shape index (κ3) is 17.5. The van der Waals surface area contributed by atoms with Crippen molar-refractivity contribution in [3.8, 4) is 17.2 Å². The van der Waals surface area contributed by atoms with Crippen molar-refractivity contribution >= 4 is 121 Å². The Balaban J connectivity index is 0.000000123. The molecule has 4 unspecified atom stereocenters. The fraction of sp³-hybridized carbons (Fsp3) is 0.279. The van der Waals surface area contributed by atoms with E-state index in [4.69, 9.17) is 34.5 Å². The van der Waals surface area contributed by atoms with Crippen LogP contribution in [0.3, 0.4) is 0 Å². The molecule has 4 saturated heterocycles. The normalized spacial score (nSPS) is 17.2. The maximum Gasteiger partial charge on any atom is 0.431 e. The molecule has 9 aromatic carbocycles. The average Bonchev–Trinajstić information content (AvgIpc) is 1.57. The first kappa shape index (κ1) is 93.1. The van der Waals surface area contributed by atoms with E-state index in [2.05, 4.69) is 29.1 Å². The van der Waals surface area contributed by atoms with Crippen LogP contribution >= 0.6 is 0 Å². The zero-order valence-electron chi connectivity index (χ0n) is 77.7. The first-order valence-corrected chi connectivity index (χ1v) is 45.3. The number of aliphatic hydroxyl groups excluding tert-OH is 2. The lowest BCUT2D eigenvalue weighted by molar-refractivity contribution is -0.133. The first-order valence-electron chi connectivity index (χ1n) is 45.3. The number of hydrogen-bond donors (Lipinski definition) is 6. The van der Waals surface area contributed by atoms with Gasteiger partial charge in [-0.1, -0.05) is 127 Å². The quantitative estimate of drug-likeness (QED) is 0.0249. The minimum atomic E-state index is -0.745. The van der Waals surface area contributed by atoms with E-state index in [-0.39, 0.29) is 65.2 Å². The molecule has 8 aliphatic heterocycles. The Hall–Kier alpha value is -16.3. The van der Waals surface area contributed by atoms with Gasteiger partial charge in [0.15, 0.2) is 11.6 Å². The molecule has 35 nitrogen and oxygen atoms in total. The molecular weight excluding hydrogens is 1780 g/mol. The number of hydrogen-bond acceptors (Lipinski definition) is 20. The standard InChI is InChI=1S/C29H26N4O5.C27H29N5O5.2C24H23N3O5/c1-31-28(35)21-15-32(29(31)36)16-23-25(21)26-22(8-5-9-24(26)38-17-19-6-3-2-4-7-19)33(23)14-18-10-12-20(13-11-18)27(34)30-37;1-27(2,3)28-25(35)37-29-23(33)17-11-9-16(10-12-17)13-32-20-8-6-5-7-18(20)22-19-14-31(15-21(22)32)26(36)30(4)24(19)34;1-25-23(30)18-11-26(24(25)31)12-20-22(18)17-9-16(32-2)7-8-19(17)27(20)10-14-3-5-15(6-4-14)21(29)13-28;1-25-23(30)18-11-26(24(25)31)12-20-22(18)17-8-7-16(32-2)9-19(17)27(20)10-14-3-5-15(6-4-14)21(29)13-28/h2-13,21,37H,14-17H2,1H3,(H,30,34);5-12,19H,13-15H2,1-4H3,(H,28,35)(H,29,33);2*3-9,18,28H,10-13H2,1-2H3. The van der Waals surface area contributed by atoms with E-state index in [9.17, 15) is 62.3 Å². The first-order chi connectivity index (χ1) is 66.8. The highest BCUT2D eigenvalue weighted by molar-refractivity contribution is 6.09. The molecule has 712 valence electrons. The van der Waals surface area contributed by atoms with Crippen molar-refractivity contribution in [2.45, 2.75) is 109 Å². The number of carbonyl (C=O) groups is 13. The number of para-hydroxylation sites is 1. The van der Waals surface area contributed by atoms with Gasteiger partial charge in [-0.2, -0.15) is 5.48 Å². The predicted molar refractivity (Wildman–Crippen MR) is 508 cm³/mol. The number of amides is 15. The molecule has 0 aliphatic carbocycles. The van der Waals surface area contributed by atoms with Gasteiger partial charge < -0.3 is 72.4 Å². The van der Waals surface area contributed by atoms with Gasteiger partial charge >= 0.3 is 30.2 Å². The summed E-state index contributed by atoms with van der Waals surface area (Å²) in [7, 11) is 9.36. The lowest BCUT2D eigenvalue weighted by Crippen LogP contribution is -2.56. The highest BCUT2D eigenvalue weighted by Crippen LogP contribution is 2.48. The second-order valence-corrected chi connectivity index (χ2v) is 36.5. The monoisotopic (exact) mass is 1880 g/mol. The minimum Gasteiger partial charge on any atom is -0.497 e. The maximum absolute atomic E-state index is 13.3. The number of imide groups is 4. The molecule has 21 rings (SSSR count). The molecule has 4 fully saturated rings. The number of ether oxygens (including phenoxy) is 3. The van der Waals surface area contributed by atoms with Crippen molar-refractivity contribution in [2.24, 2.45) is 0 Å². The zero-order valence-corrected chi connectivity index (χ0v) is 77.7. The summed E-state index contributed by atoms with van der Waals surface area (Å²) >= 11 is 0. The number of aliphatic hydroxyl groups is 2. The van der Waals surface area contributed by atoms with Crippen LogP contribution in [0.2, 0.25) is 0 Å². The van der Waals surface area contributed by atoms with E-state index in [1.807, 2.05) is 158 Å². The SMILES string of the molecule is CN1C(=O)C2CN(Cc3c2c2c(OCc4ccccc4)cccc2n3Cc2ccc(C(=O)NO)cc2)C1=O.CN1C(=O)C2CN(Cc3c2c2ccccc2n3Cc2ccc(C(=O)NOC(=O)NC(C)(C)C)cc2)C1=O.COc1ccc2c(c1)c1c(n2Cc2ccc(C(=O)CO)cc2)CN2CC1C(=O)N(C)C2=O.COc1ccc2c3c(n(Cc4ccc(C(=O)CO)cc4)c2c1)CN1CC3C(=O)N(C)C1=O. The van der Waals surface area contributed by atoms with Crippen LogP contribution in [0.1, 0.15) is 159 Å². The highest BCUT2D eigenvalue weighted by Gasteiger charge is 2.50. The van der Waals surface area contributed by atoms with E-state index in [1.165, 1.54) is 47.8 Å². The third-order valence-electron chi connectivity index (χ3n) is 27.0. The van der Waals surface area contributed by atoms with E-state index >= 15 is 0 Å². The summed E-state index contributed by atoms with van der Waals surface area (Å²) in [6.45, 7) is 9.87. The topological polar surface area (TPSA) is 401 Å². The summed E-state index contributed by atoms with van der Waals surface area (Å²) in [5, 5.41) is 33.5. The maximum atomic E-state index is 13.3. The second-order valence-electron chi connectivity index (χ2n) is 36.5. The van der Waals surface area contributed by atoms with Crippen LogP contribution in [0, 0.1) is 0 Å². The second kappa shape index (κ2) is 37.8. The Morgan fingerprint density at radius 3 is 1.19 bits per heavy atom. The molecule has 0 saturated carbocycles. The summed E-state index contributed by atoms with van der Waals surface area (Å²) in [5.74, 6) is -2.13. The number of benzene rings is 9. The van der Waals surface area contributed by atoms with Crippen LogP contribution < -0.4 is 30.5 Å². The number of nitrogens with zero attached hydrogens (tertiary/aromatic N) is 12. The number of nitrogens with one attached hydrogen (secondary N) is 3. The summed E-state index contributed by atoms with van der Waals surface area (Å²) in [6.07, 6.45) is -0.745. The number of aromatic nitrogens is 4. The molecule has 8 bridgehead atoms. The Morgan fingerprint density at radius 1 is 0.381 bits per heavy atom. The smallest absolute Gasteiger partial charge is 0.431 e. The van der Waals surface area contributed by atoms with Gasteiger partial charge in [0.05, 0.1) is 75.1 Å². The largest absolute Gasteiger partial charge is 0.497 e. The van der Waals surface area contributed by atoms with Crippen molar-refractivity contribution in [1.82, 2.24) is 73.7 Å². The Morgan fingerprint density at radius 2 is 0.748 bits per heavy atom. The lowest BCUT2D eigenvalue weighted by atomic mass is 9.89. The Labute approximate surface area is 796 Å². The van der Waals surface area contributed by atoms with E-state index in [0.717, 1.165) is 116 Å². The number of fused-ring (bicyclic) bond motifs is 24. The van der Waals surface area contributed by atoms with Crippen molar-refractivity contribution in [3.05, 3.63) is 301 Å². The molecule has 139 heavy (non-hydrogen) atoms. The van der Waals surface area contributed by atoms with Gasteiger partial charge in [-0.25, -0.2) is 29.5 Å². The number of hydroxylamine groups is 2. The van der Waals surface area contributed by atoms with E-state index < -0.39 is 54.4 Å². The van der Waals surface area contributed by atoms with Gasteiger partial charge in [0, 0.05) is 175 Å². The summed E-state index contributed by atoms with van der Waals surface area (Å²) in [6, 6.07) is 62.4. The molecular formula is C104H101N15O20. The van der Waals surface area contributed by atoms with Gasteiger partial charge in [0.1, 0.15) is 37.1 Å². The van der Waals surface area contributed by atoms with Gasteiger partial charge in [-0.15, -0.1) is 0 Å². The van der Waals surface area contributed by atoms with Gasteiger partial charge in [0.2, 0.25) is 23.6 Å². The molecule has 13 aromatic rings. The fourth-order valence-electron chi connectivity index (χ4n) is 20.1. The number of Topliss-reactive ketones (excluding diaryl/α,β-unsaturated/α-hetero) is 2. The van der Waals surface area contributed by atoms with Crippen LogP contribution in [-0.4, -0.2) is 237 Å². The van der Waals surface area contributed by atoms with Crippen LogP contribution in [0.5, 0.6) is 17.2 Å². The molecule has 12 heterocycles. The van der Waals surface area contributed by atoms with E-state index in [1.54, 1.807) is 109 Å². The molecule has 8 aliphatic rings. The molecule has 35 heteroatoms. The Bertz CT molecular complexity index is 7190. The highest BCUT2D eigenvalue weighted by atomic mass is 16.7. The molecule has 15 amide bonds. The summed E-state index contributed by atoms with van der Waals surface area (Å²) < 4.78 is 25.7. The van der Waals surface area contributed by atoms with Crippen molar-refractivity contribution in [2.75, 3.05) is 81.8 Å². The number of methoxy groups -OCH3 is 2. The predicted octanol–water partition coefficient (Wildman–Crippen LogP) is 12.0. The van der Waals surface area contributed by atoms with Gasteiger partial charge in [0.25, 0.3) is 11.8 Å². The van der Waals surface area contributed by atoms with Crippen LogP contribution in [0.4, 0.5) is 24.0 Å². The molecule has 4 atom stereocenters. The number of rotatable bonds is 19. The Kier molecular flexibility index (Phi) is 25.3. The number of ketones is 2. The number of likely N-dealkylation sites (N-methyl/N-ethyl adjacent to an activating group) is 4. The van der Waals surface area contributed by atoms with Crippen molar-refractivity contribution in [1.29, 1.82) is 0 Å². The van der Waals surface area contributed by atoms with Gasteiger partial charge in [-0.05, 0) is 138 Å². The lowest BCUT2D eigenvalue weighted by Gasteiger charge is -2.41. The average molecular weight is 1880 g/mol. The zero-order chi connectivity index (χ0) is 98.0.